The zero-order valence-corrected chi connectivity index (χ0v) is 9.60. The van der Waals surface area contributed by atoms with Gasteiger partial charge in [-0.15, -0.1) is 0 Å². The van der Waals surface area contributed by atoms with Crippen molar-refractivity contribution in [1.82, 2.24) is 0 Å². The van der Waals surface area contributed by atoms with Crippen molar-refractivity contribution in [2.24, 2.45) is 0 Å². The molecular formula is C10H18O6. The molecule has 0 aliphatic carbocycles. The summed E-state index contributed by atoms with van der Waals surface area (Å²) in [5.41, 5.74) is 0. The molecule has 0 radical (unpaired) electrons. The number of hydrogen-bond acceptors (Lipinski definition) is 4. The average Bonchev–Trinajstić information content (AvgIpc) is 2.26. The van der Waals surface area contributed by atoms with Crippen LogP contribution in [0.5, 0.6) is 0 Å². The third-order valence-corrected chi connectivity index (χ3v) is 2.09. The van der Waals surface area contributed by atoms with Gasteiger partial charge < -0.3 is 15.1 Å². The maximum absolute atomic E-state index is 10.2. The van der Waals surface area contributed by atoms with E-state index in [-0.39, 0.29) is 6.10 Å². The third-order valence-electron chi connectivity index (χ3n) is 2.09. The normalized spacial score (nSPS) is 13.2. The van der Waals surface area contributed by atoms with Crippen LogP contribution in [0.1, 0.15) is 46.0 Å². The molecule has 0 rings (SSSR count). The molecule has 94 valence electrons. The second-order valence-electron chi connectivity index (χ2n) is 3.35. The Bertz CT molecular complexity index is 225. The first-order valence-electron chi connectivity index (χ1n) is 5.38. The highest BCUT2D eigenvalue weighted by Gasteiger charge is 2.27. The lowest BCUT2D eigenvalue weighted by molar-refractivity contribution is -0.869. The maximum Gasteiger partial charge on any atom is 0.735 e. The minimum absolute atomic E-state index is 0.255. The maximum atomic E-state index is 10.2. The van der Waals surface area contributed by atoms with Gasteiger partial charge in [-0.2, -0.15) is 4.79 Å². The van der Waals surface area contributed by atoms with E-state index in [1.807, 2.05) is 6.92 Å². The molecule has 0 aromatic rings. The number of carbonyl (C=O) groups excluding carboxylic acids is 1. The van der Waals surface area contributed by atoms with Crippen LogP contribution in [0.3, 0.4) is 0 Å². The fraction of sp³-hybridized carbons (Fsp3) is 0.800. The summed E-state index contributed by atoms with van der Waals surface area (Å²) in [7, 11) is 0. The SMILES string of the molecule is CCCCCC(CC)OC(OC(=O)O)=[O+][O-]. The van der Waals surface area contributed by atoms with Crippen molar-refractivity contribution in [3.8, 4) is 0 Å². The van der Waals surface area contributed by atoms with E-state index < -0.39 is 12.3 Å². The number of unbranched alkanes of at least 4 members (excludes halogenated alkanes) is 2. The summed E-state index contributed by atoms with van der Waals surface area (Å²) < 4.78 is 12.4. The van der Waals surface area contributed by atoms with Crippen molar-refractivity contribution in [3.05, 3.63) is 0 Å². The number of hydrogen-bond donors (Lipinski definition) is 1. The Hall–Kier alpha value is -1.46. The van der Waals surface area contributed by atoms with E-state index in [1.165, 1.54) is 0 Å². The fourth-order valence-corrected chi connectivity index (χ4v) is 1.24. The van der Waals surface area contributed by atoms with E-state index in [0.717, 1.165) is 25.7 Å². The first-order chi connectivity index (χ1) is 7.63. The van der Waals surface area contributed by atoms with E-state index in [0.29, 0.717) is 6.42 Å². The molecule has 1 atom stereocenters. The van der Waals surface area contributed by atoms with Crippen molar-refractivity contribution >= 4 is 12.3 Å². The van der Waals surface area contributed by atoms with Crippen LogP contribution in [-0.4, -0.2) is 23.5 Å². The first-order valence-corrected chi connectivity index (χ1v) is 5.38. The van der Waals surface area contributed by atoms with E-state index in [4.69, 9.17) is 9.84 Å². The zero-order chi connectivity index (χ0) is 12.4. The van der Waals surface area contributed by atoms with Gasteiger partial charge in [-0.3, -0.25) is 4.58 Å². The number of carbonyl (C=O) groups is 1. The zero-order valence-electron chi connectivity index (χ0n) is 9.60. The van der Waals surface area contributed by atoms with Gasteiger partial charge in [-0.25, -0.2) is 4.74 Å². The van der Waals surface area contributed by atoms with Crippen LogP contribution >= 0.6 is 0 Å². The van der Waals surface area contributed by atoms with Crippen LogP contribution in [-0.2, 0) is 9.47 Å². The average molecular weight is 234 g/mol. The Labute approximate surface area is 94.4 Å². The summed E-state index contributed by atoms with van der Waals surface area (Å²) in [4.78, 5) is 10.2. The smallest absolute Gasteiger partial charge is 0.628 e. The number of ether oxygens (including phenoxy) is 2. The Balaban J connectivity index is 4.02. The van der Waals surface area contributed by atoms with Crippen LogP contribution < -0.4 is 5.26 Å². The molecule has 1 unspecified atom stereocenters. The molecule has 0 bridgehead atoms. The van der Waals surface area contributed by atoms with Crippen molar-refractivity contribution in [2.75, 3.05) is 0 Å². The van der Waals surface area contributed by atoms with Crippen LogP contribution in [0, 0.1) is 0 Å². The molecule has 0 spiro atoms. The molecule has 0 saturated heterocycles. The van der Waals surface area contributed by atoms with E-state index >= 15 is 0 Å². The lowest BCUT2D eigenvalue weighted by atomic mass is 10.1. The van der Waals surface area contributed by atoms with Gasteiger partial charge in [0.25, 0.3) is 0 Å². The van der Waals surface area contributed by atoms with Crippen molar-refractivity contribution in [1.29, 1.82) is 0 Å². The second-order valence-corrected chi connectivity index (χ2v) is 3.35. The summed E-state index contributed by atoms with van der Waals surface area (Å²) in [6, 6.07) is 0. The van der Waals surface area contributed by atoms with Gasteiger partial charge in [0.05, 0.1) is 0 Å². The standard InChI is InChI=1S/C10H18O6/c1-3-5-6-7-8(4-2)14-10(16-13)15-9(11)12/h8H,3-7H2,1-2H3,(H,11,12). The molecule has 0 saturated carbocycles. The Kier molecular flexibility index (Phi) is 8.01. The molecule has 0 amide bonds. The summed E-state index contributed by atoms with van der Waals surface area (Å²) in [6.07, 6.45) is 1.75. The van der Waals surface area contributed by atoms with Crippen LogP contribution in [0.2, 0.25) is 0 Å². The summed E-state index contributed by atoms with van der Waals surface area (Å²) >= 11 is 0. The fourth-order valence-electron chi connectivity index (χ4n) is 1.24. The van der Waals surface area contributed by atoms with Gasteiger partial charge in [0.2, 0.25) is 0 Å². The predicted molar refractivity (Wildman–Crippen MR) is 53.8 cm³/mol. The summed E-state index contributed by atoms with van der Waals surface area (Å²) in [5.74, 6) is 0. The van der Waals surface area contributed by atoms with Crippen molar-refractivity contribution in [2.45, 2.75) is 52.1 Å². The minimum Gasteiger partial charge on any atom is -0.628 e. The second kappa shape index (κ2) is 8.82. The van der Waals surface area contributed by atoms with Crippen LogP contribution in [0.4, 0.5) is 9.37 Å². The molecule has 16 heavy (non-hydrogen) atoms. The van der Waals surface area contributed by atoms with Crippen LogP contribution in [0.15, 0.2) is 0 Å². The molecule has 0 heterocycles. The molecule has 0 aliphatic rings. The highest BCUT2D eigenvalue weighted by Crippen LogP contribution is 2.11. The van der Waals surface area contributed by atoms with Gasteiger partial charge in [0.1, 0.15) is 0 Å². The Morgan fingerprint density at radius 2 is 2.12 bits per heavy atom. The highest BCUT2D eigenvalue weighted by molar-refractivity contribution is 5.75. The molecule has 0 fully saturated rings. The van der Waals surface area contributed by atoms with Gasteiger partial charge in [0.15, 0.2) is 6.10 Å². The van der Waals surface area contributed by atoms with E-state index in [9.17, 15) is 10.1 Å². The largest absolute Gasteiger partial charge is 0.735 e. The molecule has 1 N–H and O–H groups in total. The first kappa shape index (κ1) is 14.5. The van der Waals surface area contributed by atoms with Crippen LogP contribution in [0.25, 0.3) is 0 Å². The topological polar surface area (TPSA) is 90.1 Å². The van der Waals surface area contributed by atoms with E-state index in [1.54, 1.807) is 0 Å². The lowest BCUT2D eigenvalue weighted by Gasteiger charge is -2.08. The van der Waals surface area contributed by atoms with Gasteiger partial charge in [0, 0.05) is 6.42 Å². The monoisotopic (exact) mass is 234 g/mol. The molecule has 6 nitrogen and oxygen atoms in total. The highest BCUT2D eigenvalue weighted by atomic mass is 17.1. The Morgan fingerprint density at radius 3 is 2.56 bits per heavy atom. The summed E-state index contributed by atoms with van der Waals surface area (Å²) in [5, 5.41) is 18.4. The van der Waals surface area contributed by atoms with Crippen molar-refractivity contribution in [3.63, 3.8) is 0 Å². The molecule has 6 heteroatoms. The van der Waals surface area contributed by atoms with Crippen molar-refractivity contribution < 1.29 is 29.2 Å². The third kappa shape index (κ3) is 6.92. The van der Waals surface area contributed by atoms with E-state index in [2.05, 4.69) is 16.2 Å². The van der Waals surface area contributed by atoms with Gasteiger partial charge >= 0.3 is 12.3 Å². The number of rotatable bonds is 6. The predicted octanol–water partition coefficient (Wildman–Crippen LogP) is 1.99. The van der Waals surface area contributed by atoms with Gasteiger partial charge in [-0.1, -0.05) is 26.7 Å². The molecule has 0 aliphatic heterocycles. The molecular weight excluding hydrogens is 216 g/mol. The number of carboxylic acid groups (broad SMARTS) is 1. The lowest BCUT2D eigenvalue weighted by Crippen LogP contribution is -2.22. The molecule has 0 aromatic carbocycles. The summed E-state index contributed by atoms with van der Waals surface area (Å²) in [6.45, 7) is 3.95. The quantitative estimate of drug-likeness (QED) is 0.189. The van der Waals surface area contributed by atoms with Gasteiger partial charge in [-0.05, 0) is 12.8 Å². The Morgan fingerprint density at radius 1 is 1.44 bits per heavy atom. The minimum atomic E-state index is -1.63. The molecule has 0 aromatic heterocycles.